The number of sulfonamides is 1. The fraction of sp³-hybridized carbons (Fsp3) is 0.364. The maximum Gasteiger partial charge on any atom is 1.00 e. The molecule has 0 bridgehead atoms. The summed E-state index contributed by atoms with van der Waals surface area (Å²) in [7, 11) is -3.82. The summed E-state index contributed by atoms with van der Waals surface area (Å²) >= 11 is 0. The van der Waals surface area contributed by atoms with Crippen molar-refractivity contribution in [1.82, 2.24) is 4.72 Å². The minimum absolute atomic E-state index is 0. The normalized spacial score (nSPS) is 10.7. The molecule has 0 unspecified atom stereocenters. The van der Waals surface area contributed by atoms with Gasteiger partial charge in [-0.1, -0.05) is 31.5 Å². The fourth-order valence-electron chi connectivity index (χ4n) is 1.15. The van der Waals surface area contributed by atoms with E-state index in [9.17, 15) is 13.2 Å². The number of amides is 2. The quantitative estimate of drug-likeness (QED) is 0.734. The van der Waals surface area contributed by atoms with Crippen molar-refractivity contribution >= 4 is 16.1 Å². The Kier molecular flexibility index (Phi) is 6.91. The molecule has 7 heteroatoms. The molecule has 1 N–H and O–H groups in total. The number of hydrogen-bond donors (Lipinski definition) is 1. The van der Waals surface area contributed by atoms with Crippen molar-refractivity contribution in [3.05, 3.63) is 35.1 Å². The molecule has 0 heterocycles. The zero-order valence-corrected chi connectivity index (χ0v) is 13.8. The van der Waals surface area contributed by atoms with E-state index in [4.69, 9.17) is 0 Å². The standard InChI is InChI=1S/C11H16N2O3S.Na/c1-8(2)12-11(14)13-17(15,16)10-6-4-9(3)5-7-10;/h4-8H,1-3H3,(H2,12,13,14);/q;+1/p-1. The first-order valence-electron chi connectivity index (χ1n) is 5.15. The van der Waals surface area contributed by atoms with E-state index in [0.717, 1.165) is 5.56 Å². The number of nitrogens with zero attached hydrogens (tertiary/aromatic N) is 1. The van der Waals surface area contributed by atoms with Gasteiger partial charge in [-0.3, -0.25) is 4.79 Å². The van der Waals surface area contributed by atoms with Crippen LogP contribution >= 0.6 is 0 Å². The van der Waals surface area contributed by atoms with E-state index in [1.54, 1.807) is 26.0 Å². The predicted molar refractivity (Wildman–Crippen MR) is 65.4 cm³/mol. The molecule has 5 nitrogen and oxygen atoms in total. The van der Waals surface area contributed by atoms with Crippen LogP contribution in [0.2, 0.25) is 0 Å². The van der Waals surface area contributed by atoms with Crippen molar-refractivity contribution in [2.75, 3.05) is 0 Å². The average molecular weight is 278 g/mol. The van der Waals surface area contributed by atoms with Crippen LogP contribution in [-0.4, -0.2) is 20.5 Å². The fourth-order valence-corrected chi connectivity index (χ4v) is 2.05. The summed E-state index contributed by atoms with van der Waals surface area (Å²) in [6.07, 6.45) is 0. The number of hydrogen-bond acceptors (Lipinski definition) is 3. The summed E-state index contributed by atoms with van der Waals surface area (Å²) in [5.74, 6) is 0. The molecule has 0 aromatic heterocycles. The van der Waals surface area contributed by atoms with Crippen molar-refractivity contribution in [2.45, 2.75) is 31.7 Å². The minimum atomic E-state index is -3.82. The van der Waals surface area contributed by atoms with Crippen LogP contribution in [0.15, 0.2) is 29.2 Å². The van der Waals surface area contributed by atoms with Gasteiger partial charge in [-0.15, -0.1) is 0 Å². The molecule has 1 rings (SSSR count). The molecule has 0 saturated carbocycles. The number of nitrogens with one attached hydrogen (secondary N) is 1. The van der Waals surface area contributed by atoms with E-state index in [-0.39, 0.29) is 40.5 Å². The van der Waals surface area contributed by atoms with Crippen molar-refractivity contribution in [2.24, 2.45) is 0 Å². The number of urea groups is 1. The van der Waals surface area contributed by atoms with Gasteiger partial charge in [-0.25, -0.2) is 8.42 Å². The van der Waals surface area contributed by atoms with Crippen LogP contribution in [0.25, 0.3) is 5.32 Å². The van der Waals surface area contributed by atoms with E-state index in [2.05, 4.69) is 5.32 Å². The van der Waals surface area contributed by atoms with Gasteiger partial charge in [0.05, 0.1) is 4.90 Å². The van der Waals surface area contributed by atoms with Crippen LogP contribution in [0.4, 0.5) is 4.79 Å². The van der Waals surface area contributed by atoms with E-state index in [1.165, 1.54) is 12.1 Å². The van der Waals surface area contributed by atoms with Gasteiger partial charge in [-0.05, 0) is 25.1 Å². The van der Waals surface area contributed by atoms with Crippen molar-refractivity contribution in [3.63, 3.8) is 0 Å². The van der Waals surface area contributed by atoms with Crippen molar-refractivity contribution in [1.29, 1.82) is 0 Å². The Bertz CT molecular complexity index is 498. The molecule has 94 valence electrons. The third-order valence-corrected chi connectivity index (χ3v) is 3.26. The number of benzene rings is 1. The molecule has 1 aromatic carbocycles. The number of rotatable bonds is 3. The number of carbonyl (C=O) groups excluding carboxylic acids is 1. The van der Waals surface area contributed by atoms with Crippen molar-refractivity contribution < 1.29 is 42.8 Å². The van der Waals surface area contributed by atoms with Gasteiger partial charge in [0.15, 0.2) is 6.03 Å². The molecular formula is C11H15N2NaO3S. The van der Waals surface area contributed by atoms with Crippen molar-refractivity contribution in [3.8, 4) is 0 Å². The summed E-state index contributed by atoms with van der Waals surface area (Å²) in [6.45, 7) is 5.24. The first kappa shape index (κ1) is 17.4. The molecule has 0 fully saturated rings. The molecule has 0 aliphatic heterocycles. The molecule has 18 heavy (non-hydrogen) atoms. The summed E-state index contributed by atoms with van der Waals surface area (Å²) in [6, 6.07) is 5.13. The monoisotopic (exact) mass is 278 g/mol. The zero-order chi connectivity index (χ0) is 13.1. The van der Waals surface area contributed by atoms with Gasteiger partial charge in [0.1, 0.15) is 0 Å². The van der Waals surface area contributed by atoms with E-state index >= 15 is 0 Å². The number of aryl methyl sites for hydroxylation is 1. The third-order valence-electron chi connectivity index (χ3n) is 1.93. The maximum absolute atomic E-state index is 11.7. The molecule has 1 aromatic rings. The Hall–Kier alpha value is -0.560. The van der Waals surface area contributed by atoms with Gasteiger partial charge in [0.2, 0.25) is 10.0 Å². The summed E-state index contributed by atoms with van der Waals surface area (Å²) < 4.78 is 25.4. The zero-order valence-electron chi connectivity index (χ0n) is 11.0. The van der Waals surface area contributed by atoms with E-state index < -0.39 is 16.1 Å². The van der Waals surface area contributed by atoms with E-state index in [0.29, 0.717) is 0 Å². The maximum atomic E-state index is 11.7. The Morgan fingerprint density at radius 2 is 1.72 bits per heavy atom. The molecule has 0 atom stereocenters. The summed E-state index contributed by atoms with van der Waals surface area (Å²) in [5, 5.41) is 3.58. The minimum Gasteiger partial charge on any atom is -0.427 e. The Morgan fingerprint density at radius 1 is 1.22 bits per heavy atom. The second-order valence-corrected chi connectivity index (χ2v) is 5.63. The molecule has 0 spiro atoms. The molecule has 0 saturated heterocycles. The Morgan fingerprint density at radius 3 is 2.17 bits per heavy atom. The second kappa shape index (κ2) is 7.13. The van der Waals surface area contributed by atoms with Gasteiger partial charge >= 0.3 is 29.6 Å². The van der Waals surface area contributed by atoms with Gasteiger partial charge < -0.3 is 10.0 Å². The molecule has 0 radical (unpaired) electrons. The summed E-state index contributed by atoms with van der Waals surface area (Å²) in [4.78, 5) is 11.3. The summed E-state index contributed by atoms with van der Waals surface area (Å²) in [5.41, 5.74) is 0.946. The predicted octanol–water partition coefficient (Wildman–Crippen LogP) is -0.821. The van der Waals surface area contributed by atoms with Crippen LogP contribution in [-0.2, 0) is 10.0 Å². The Balaban J connectivity index is 0.00000289. The molecule has 0 aliphatic carbocycles. The first-order chi connectivity index (χ1) is 7.81. The van der Waals surface area contributed by atoms with Crippen LogP contribution in [0, 0.1) is 6.92 Å². The van der Waals surface area contributed by atoms with Crippen LogP contribution in [0.5, 0.6) is 0 Å². The molecule has 2 amide bonds. The Labute approximate surface area is 130 Å². The second-order valence-electron chi connectivity index (χ2n) is 3.95. The smallest absolute Gasteiger partial charge is 0.427 e. The topological polar surface area (TPSA) is 77.3 Å². The SMILES string of the molecule is Cc1ccc(S(=O)(=O)NC(=O)[N-]C(C)C)cc1.[Na+]. The third kappa shape index (κ3) is 5.39. The van der Waals surface area contributed by atoms with Gasteiger partial charge in [-0.2, -0.15) is 0 Å². The molecule has 0 aliphatic rings. The van der Waals surface area contributed by atoms with E-state index in [1.807, 2.05) is 11.6 Å². The van der Waals surface area contributed by atoms with Crippen LogP contribution < -0.4 is 34.3 Å². The van der Waals surface area contributed by atoms with Gasteiger partial charge in [0.25, 0.3) is 0 Å². The number of carbonyl (C=O) groups is 1. The first-order valence-corrected chi connectivity index (χ1v) is 6.64. The average Bonchev–Trinajstić information content (AvgIpc) is 2.15. The molecular weight excluding hydrogens is 263 g/mol. The van der Waals surface area contributed by atoms with Crippen LogP contribution in [0.1, 0.15) is 19.4 Å². The van der Waals surface area contributed by atoms with Gasteiger partial charge in [0, 0.05) is 0 Å². The largest absolute Gasteiger partial charge is 1.00 e. The van der Waals surface area contributed by atoms with Crippen LogP contribution in [0.3, 0.4) is 0 Å².